The lowest BCUT2D eigenvalue weighted by Crippen LogP contribution is -2.49. The number of rotatable bonds is 1. The predicted molar refractivity (Wildman–Crippen MR) is 82.6 cm³/mol. The summed E-state index contributed by atoms with van der Waals surface area (Å²) in [6.45, 7) is 5.51. The number of benzene rings is 2. The van der Waals surface area contributed by atoms with Crippen molar-refractivity contribution in [3.63, 3.8) is 0 Å². The van der Waals surface area contributed by atoms with Gasteiger partial charge in [-0.1, -0.05) is 36.4 Å². The largest absolute Gasteiger partial charge is 0.368 e. The molecule has 2 aromatic carbocycles. The van der Waals surface area contributed by atoms with Crippen molar-refractivity contribution in [3.05, 3.63) is 41.5 Å². The van der Waals surface area contributed by atoms with E-state index in [2.05, 4.69) is 59.6 Å². The molecule has 2 heteroatoms. The van der Waals surface area contributed by atoms with E-state index in [4.69, 9.17) is 0 Å². The summed E-state index contributed by atoms with van der Waals surface area (Å²) in [6, 6.07) is 11.8. The van der Waals surface area contributed by atoms with E-state index in [1.54, 1.807) is 0 Å². The molecule has 2 nitrogen and oxygen atoms in total. The van der Waals surface area contributed by atoms with Gasteiger partial charge in [-0.15, -0.1) is 0 Å². The van der Waals surface area contributed by atoms with Crippen LogP contribution in [0.25, 0.3) is 22.9 Å². The smallest absolute Gasteiger partial charge is 0.0447 e. The monoisotopic (exact) mass is 250 g/mol. The molecule has 1 saturated heterocycles. The summed E-state index contributed by atoms with van der Waals surface area (Å²) >= 11 is 0. The van der Waals surface area contributed by atoms with Gasteiger partial charge in [0.15, 0.2) is 0 Å². The van der Waals surface area contributed by atoms with Crippen molar-refractivity contribution in [2.75, 3.05) is 24.5 Å². The fourth-order valence-corrected chi connectivity index (χ4v) is 3.33. The fraction of sp³-hybridized carbons (Fsp3) is 0.294. The van der Waals surface area contributed by atoms with Crippen molar-refractivity contribution < 1.29 is 0 Å². The minimum atomic E-state index is 0.565. The van der Waals surface area contributed by atoms with Crippen molar-refractivity contribution in [1.29, 1.82) is 0 Å². The standard InChI is InChI=1S/C17H18N2/c1-12-11-19(10-9-18-12)16-8-7-14-6-5-13-3-2-4-15(16)17(13)14/h2-8,12,18H,9-11H2,1H3/t12-/m1/s1. The third-order valence-corrected chi connectivity index (χ3v) is 4.23. The Hall–Kier alpha value is -1.80. The minimum Gasteiger partial charge on any atom is -0.368 e. The quantitative estimate of drug-likeness (QED) is 0.714. The van der Waals surface area contributed by atoms with E-state index in [0.717, 1.165) is 19.6 Å². The van der Waals surface area contributed by atoms with E-state index in [0.29, 0.717) is 6.04 Å². The maximum Gasteiger partial charge on any atom is 0.0447 e. The van der Waals surface area contributed by atoms with Crippen LogP contribution in [0.1, 0.15) is 18.1 Å². The Morgan fingerprint density at radius 2 is 1.95 bits per heavy atom. The third kappa shape index (κ3) is 1.67. The van der Waals surface area contributed by atoms with Gasteiger partial charge in [-0.05, 0) is 29.5 Å². The third-order valence-electron chi connectivity index (χ3n) is 4.23. The second kappa shape index (κ2) is 4.10. The van der Waals surface area contributed by atoms with E-state index in [1.165, 1.54) is 27.6 Å². The number of nitrogens with one attached hydrogen (secondary N) is 1. The number of hydrogen-bond donors (Lipinski definition) is 1. The summed E-state index contributed by atoms with van der Waals surface area (Å²) < 4.78 is 0. The molecule has 19 heavy (non-hydrogen) atoms. The molecular weight excluding hydrogens is 232 g/mol. The van der Waals surface area contributed by atoms with Gasteiger partial charge in [-0.3, -0.25) is 0 Å². The molecule has 0 spiro atoms. The zero-order valence-electron chi connectivity index (χ0n) is 11.2. The van der Waals surface area contributed by atoms with Gasteiger partial charge in [0.1, 0.15) is 0 Å². The summed E-state index contributed by atoms with van der Waals surface area (Å²) in [5.41, 5.74) is 4.10. The number of anilines is 1. The van der Waals surface area contributed by atoms with E-state index < -0.39 is 0 Å². The molecule has 0 radical (unpaired) electrons. The van der Waals surface area contributed by atoms with Crippen LogP contribution < -0.4 is 10.2 Å². The van der Waals surface area contributed by atoms with Gasteiger partial charge in [0.25, 0.3) is 0 Å². The maximum absolute atomic E-state index is 3.51. The highest BCUT2D eigenvalue weighted by Crippen LogP contribution is 2.37. The highest BCUT2D eigenvalue weighted by molar-refractivity contribution is 6.09. The van der Waals surface area contributed by atoms with Gasteiger partial charge in [-0.2, -0.15) is 0 Å². The van der Waals surface area contributed by atoms with E-state index in [9.17, 15) is 0 Å². The van der Waals surface area contributed by atoms with E-state index in [-0.39, 0.29) is 0 Å². The van der Waals surface area contributed by atoms with Crippen molar-refractivity contribution >= 4 is 28.6 Å². The molecule has 1 N–H and O–H groups in total. The van der Waals surface area contributed by atoms with Crippen molar-refractivity contribution in [1.82, 2.24) is 5.32 Å². The molecule has 1 atom stereocenters. The summed E-state index contributed by atoms with van der Waals surface area (Å²) in [7, 11) is 0. The average Bonchev–Trinajstić information content (AvgIpc) is 2.85. The Morgan fingerprint density at radius 1 is 1.11 bits per heavy atom. The molecule has 2 aliphatic rings. The molecule has 2 aromatic rings. The Kier molecular flexibility index (Phi) is 2.39. The molecular formula is C17H18N2. The van der Waals surface area contributed by atoms with Crippen molar-refractivity contribution in [3.8, 4) is 0 Å². The van der Waals surface area contributed by atoms with Crippen molar-refractivity contribution in [2.24, 2.45) is 0 Å². The zero-order chi connectivity index (χ0) is 12.8. The van der Waals surface area contributed by atoms with Crippen LogP contribution in [0, 0.1) is 0 Å². The molecule has 0 saturated carbocycles. The van der Waals surface area contributed by atoms with Crippen LogP contribution in [0.4, 0.5) is 5.69 Å². The van der Waals surface area contributed by atoms with Gasteiger partial charge in [-0.25, -0.2) is 0 Å². The van der Waals surface area contributed by atoms with Crippen LogP contribution in [0.2, 0.25) is 0 Å². The number of hydrogen-bond acceptors (Lipinski definition) is 2. The second-order valence-electron chi connectivity index (χ2n) is 5.58. The first-order valence-electron chi connectivity index (χ1n) is 7.05. The summed E-state index contributed by atoms with van der Waals surface area (Å²) in [4.78, 5) is 2.52. The predicted octanol–water partition coefficient (Wildman–Crippen LogP) is 3.12. The van der Waals surface area contributed by atoms with Gasteiger partial charge >= 0.3 is 0 Å². The number of piperazine rings is 1. The highest BCUT2D eigenvalue weighted by Gasteiger charge is 2.19. The zero-order valence-corrected chi connectivity index (χ0v) is 11.2. The Labute approximate surface area is 113 Å². The van der Waals surface area contributed by atoms with Crippen LogP contribution in [-0.4, -0.2) is 25.7 Å². The Morgan fingerprint density at radius 3 is 2.79 bits per heavy atom. The van der Waals surface area contributed by atoms with Gasteiger partial charge in [0.2, 0.25) is 0 Å². The van der Waals surface area contributed by atoms with Crippen LogP contribution in [0.3, 0.4) is 0 Å². The molecule has 1 fully saturated rings. The van der Waals surface area contributed by atoms with Crippen LogP contribution in [0.15, 0.2) is 30.3 Å². The average molecular weight is 250 g/mol. The molecule has 4 rings (SSSR count). The normalized spacial score (nSPS) is 21.3. The van der Waals surface area contributed by atoms with Crippen LogP contribution in [-0.2, 0) is 0 Å². The lowest BCUT2D eigenvalue weighted by molar-refractivity contribution is 0.485. The lowest BCUT2D eigenvalue weighted by Gasteiger charge is -2.34. The molecule has 0 amide bonds. The Balaban J connectivity index is 1.88. The first kappa shape index (κ1) is 11.1. The summed E-state index contributed by atoms with van der Waals surface area (Å²) in [5.74, 6) is 0. The molecule has 1 aliphatic carbocycles. The van der Waals surface area contributed by atoms with Crippen molar-refractivity contribution in [2.45, 2.75) is 13.0 Å². The van der Waals surface area contributed by atoms with Gasteiger partial charge < -0.3 is 10.2 Å². The topological polar surface area (TPSA) is 15.3 Å². The molecule has 1 aliphatic heterocycles. The SMILES string of the molecule is C[C@@H]1CN(c2ccc3c4c(cccc24)C=C3)CCN1. The lowest BCUT2D eigenvalue weighted by atomic mass is 10.0. The molecule has 96 valence electrons. The molecule has 0 unspecified atom stereocenters. The first-order valence-corrected chi connectivity index (χ1v) is 7.05. The van der Waals surface area contributed by atoms with Gasteiger partial charge in [0, 0.05) is 36.7 Å². The highest BCUT2D eigenvalue weighted by atomic mass is 15.2. The van der Waals surface area contributed by atoms with Crippen LogP contribution in [0.5, 0.6) is 0 Å². The summed E-state index contributed by atoms with van der Waals surface area (Å²) in [5, 5.41) is 6.33. The maximum atomic E-state index is 3.51. The van der Waals surface area contributed by atoms with Crippen LogP contribution >= 0.6 is 0 Å². The Bertz CT molecular complexity index is 660. The number of nitrogens with zero attached hydrogens (tertiary/aromatic N) is 1. The first-order chi connectivity index (χ1) is 9.33. The summed E-state index contributed by atoms with van der Waals surface area (Å²) in [6.07, 6.45) is 4.45. The molecule has 1 heterocycles. The molecule has 0 aromatic heterocycles. The van der Waals surface area contributed by atoms with E-state index >= 15 is 0 Å². The van der Waals surface area contributed by atoms with Gasteiger partial charge in [0.05, 0.1) is 0 Å². The van der Waals surface area contributed by atoms with E-state index in [1.807, 2.05) is 0 Å². The molecule has 0 bridgehead atoms. The minimum absolute atomic E-state index is 0.565. The second-order valence-corrected chi connectivity index (χ2v) is 5.58. The fourth-order valence-electron chi connectivity index (χ4n) is 3.33.